The highest BCUT2D eigenvalue weighted by molar-refractivity contribution is 6.32. The van der Waals surface area contributed by atoms with E-state index in [1.54, 1.807) is 31.2 Å². The Bertz CT molecular complexity index is 1380. The Morgan fingerprint density at radius 2 is 1.80 bits per heavy atom. The maximum Gasteiger partial charge on any atom is 0.347 e. The summed E-state index contributed by atoms with van der Waals surface area (Å²) in [6, 6.07) is 13.9. The third kappa shape index (κ3) is 9.31. The first-order valence-corrected chi connectivity index (χ1v) is 15.7. The Morgan fingerprint density at radius 3 is 2.49 bits per heavy atom. The highest BCUT2D eigenvalue weighted by atomic mass is 35.5. The summed E-state index contributed by atoms with van der Waals surface area (Å²) >= 11 is 6.29. The van der Waals surface area contributed by atoms with Gasteiger partial charge in [-0.05, 0) is 35.8 Å². The van der Waals surface area contributed by atoms with Crippen LogP contribution in [0.3, 0.4) is 0 Å². The van der Waals surface area contributed by atoms with Gasteiger partial charge in [0.1, 0.15) is 24.0 Å². The zero-order chi connectivity index (χ0) is 32.5. The molecule has 2 amide bonds. The zero-order valence-electron chi connectivity index (χ0n) is 26.0. The normalized spacial score (nSPS) is 27.0. The first-order valence-electron chi connectivity index (χ1n) is 15.3. The molecule has 2 N–H and O–H groups in total. The minimum absolute atomic E-state index is 0.0588. The number of carbonyl (C=O) groups excluding carboxylic acids is 4. The van der Waals surface area contributed by atoms with E-state index < -0.39 is 47.9 Å². The van der Waals surface area contributed by atoms with E-state index in [1.165, 1.54) is 13.2 Å². The fourth-order valence-corrected chi connectivity index (χ4v) is 5.54. The standard InChI is InChI=1S/C34H41ClN2O8/c1-5-10-28-34(41)43-26(21(3)30-31(45-30)23-11-7-6-8-12-23)13-9-14-29(38)37-25(32(39)36-19-20(2)33(40)44-28)18-22-15-16-27(42-4)24(35)17-22/h6-9,11-12,14-17,20-21,25-26,28,30-31H,5,10,13,18-19H2,1-4H3,(H,36,39)(H,37,38). The second kappa shape index (κ2) is 15.9. The zero-order valence-corrected chi connectivity index (χ0v) is 26.8. The summed E-state index contributed by atoms with van der Waals surface area (Å²) in [6.45, 7) is 5.35. The molecule has 2 aliphatic rings. The molecule has 0 bridgehead atoms. The molecule has 2 heterocycles. The van der Waals surface area contributed by atoms with Crippen molar-refractivity contribution in [1.29, 1.82) is 0 Å². The van der Waals surface area contributed by atoms with E-state index in [-0.39, 0.29) is 43.9 Å². The lowest BCUT2D eigenvalue weighted by Gasteiger charge is -2.26. The van der Waals surface area contributed by atoms with Gasteiger partial charge in [-0.1, -0.05) is 81.3 Å². The van der Waals surface area contributed by atoms with Gasteiger partial charge in [0.2, 0.25) is 11.8 Å². The average molecular weight is 641 g/mol. The molecule has 11 heteroatoms. The molecule has 7 unspecified atom stereocenters. The molecule has 0 aliphatic carbocycles. The number of benzene rings is 2. The third-order valence-corrected chi connectivity index (χ3v) is 8.30. The average Bonchev–Trinajstić information content (AvgIpc) is 3.83. The summed E-state index contributed by atoms with van der Waals surface area (Å²) < 4.78 is 22.8. The van der Waals surface area contributed by atoms with Crippen molar-refractivity contribution in [3.05, 3.63) is 76.8 Å². The van der Waals surface area contributed by atoms with Crippen molar-refractivity contribution in [3.8, 4) is 5.75 Å². The molecular weight excluding hydrogens is 600 g/mol. The highest BCUT2D eigenvalue weighted by Crippen LogP contribution is 2.45. The number of carbonyl (C=O) groups is 4. The summed E-state index contributed by atoms with van der Waals surface area (Å²) in [5.74, 6) is -2.79. The minimum Gasteiger partial charge on any atom is -0.495 e. The predicted octanol–water partition coefficient (Wildman–Crippen LogP) is 4.49. The van der Waals surface area contributed by atoms with Crippen LogP contribution in [0.2, 0.25) is 5.02 Å². The maximum absolute atomic E-state index is 13.3. The van der Waals surface area contributed by atoms with Gasteiger partial charge in [-0.2, -0.15) is 0 Å². The molecule has 0 aromatic heterocycles. The largest absolute Gasteiger partial charge is 0.495 e. The van der Waals surface area contributed by atoms with Crippen LogP contribution in [0.1, 0.15) is 57.3 Å². The van der Waals surface area contributed by atoms with Gasteiger partial charge in [0, 0.05) is 25.3 Å². The van der Waals surface area contributed by atoms with Crippen molar-refractivity contribution < 1.29 is 38.1 Å². The lowest BCUT2D eigenvalue weighted by molar-refractivity contribution is -0.175. The Kier molecular flexibility index (Phi) is 12.0. The summed E-state index contributed by atoms with van der Waals surface area (Å²) in [7, 11) is 1.50. The SMILES string of the molecule is CCCC1OC(=O)C(C)CNC(=O)C(Cc2ccc(OC)c(Cl)c2)NC(=O)C=CCC(C(C)C2OC2c2ccccc2)OC1=O. The number of halogens is 1. The van der Waals surface area contributed by atoms with Crippen molar-refractivity contribution in [2.75, 3.05) is 13.7 Å². The molecule has 0 spiro atoms. The molecule has 45 heavy (non-hydrogen) atoms. The summed E-state index contributed by atoms with van der Waals surface area (Å²) in [5, 5.41) is 5.85. The van der Waals surface area contributed by atoms with Gasteiger partial charge in [0.05, 0.1) is 24.2 Å². The van der Waals surface area contributed by atoms with Crippen molar-refractivity contribution in [2.24, 2.45) is 11.8 Å². The third-order valence-electron chi connectivity index (χ3n) is 8.01. The number of esters is 2. The van der Waals surface area contributed by atoms with E-state index in [1.807, 2.05) is 44.2 Å². The summed E-state index contributed by atoms with van der Waals surface area (Å²) in [6.07, 6.45) is 2.04. The second-order valence-corrected chi connectivity index (χ2v) is 11.9. The van der Waals surface area contributed by atoms with Crippen molar-refractivity contribution in [3.63, 3.8) is 0 Å². The highest BCUT2D eigenvalue weighted by Gasteiger charge is 2.47. The Balaban J connectivity index is 1.56. The van der Waals surface area contributed by atoms with Crippen LogP contribution in [0.25, 0.3) is 0 Å². The summed E-state index contributed by atoms with van der Waals surface area (Å²) in [5.41, 5.74) is 1.73. The van der Waals surface area contributed by atoms with Crippen LogP contribution >= 0.6 is 11.6 Å². The lowest BCUT2D eigenvalue weighted by atomic mass is 9.93. The number of hydrogen-bond donors (Lipinski definition) is 2. The molecule has 2 aliphatic heterocycles. The maximum atomic E-state index is 13.3. The first kappa shape index (κ1) is 34.0. The minimum atomic E-state index is -1.10. The number of rotatable bonds is 8. The van der Waals surface area contributed by atoms with Crippen LogP contribution in [0.4, 0.5) is 0 Å². The number of cyclic esters (lactones) is 2. The molecular formula is C34H41ClN2O8. The number of ether oxygens (including phenoxy) is 4. The van der Waals surface area contributed by atoms with E-state index in [9.17, 15) is 19.2 Å². The smallest absolute Gasteiger partial charge is 0.347 e. The first-order chi connectivity index (χ1) is 21.6. The molecule has 1 saturated heterocycles. The van der Waals surface area contributed by atoms with Crippen LogP contribution < -0.4 is 15.4 Å². The molecule has 0 radical (unpaired) electrons. The molecule has 2 aromatic rings. The molecule has 7 atom stereocenters. The van der Waals surface area contributed by atoms with E-state index in [0.29, 0.717) is 22.8 Å². The van der Waals surface area contributed by atoms with Gasteiger partial charge in [-0.3, -0.25) is 14.4 Å². The van der Waals surface area contributed by atoms with Gasteiger partial charge in [0.25, 0.3) is 0 Å². The van der Waals surface area contributed by atoms with Crippen LogP contribution in [-0.2, 0) is 39.8 Å². The van der Waals surface area contributed by atoms with Crippen LogP contribution in [0, 0.1) is 11.8 Å². The molecule has 242 valence electrons. The molecule has 0 saturated carbocycles. The summed E-state index contributed by atoms with van der Waals surface area (Å²) in [4.78, 5) is 52.6. The molecule has 10 nitrogen and oxygen atoms in total. The Hall–Kier alpha value is -3.89. The van der Waals surface area contributed by atoms with Gasteiger partial charge < -0.3 is 29.6 Å². The van der Waals surface area contributed by atoms with Crippen LogP contribution in [0.15, 0.2) is 60.7 Å². The molecule has 1 fully saturated rings. The van der Waals surface area contributed by atoms with E-state index in [4.69, 9.17) is 30.5 Å². The quantitative estimate of drug-likeness (QED) is 0.319. The van der Waals surface area contributed by atoms with Gasteiger partial charge >= 0.3 is 11.9 Å². The van der Waals surface area contributed by atoms with E-state index >= 15 is 0 Å². The lowest BCUT2D eigenvalue weighted by Crippen LogP contribution is -2.49. The Morgan fingerprint density at radius 1 is 1.04 bits per heavy atom. The monoisotopic (exact) mass is 640 g/mol. The van der Waals surface area contributed by atoms with Crippen molar-refractivity contribution in [1.82, 2.24) is 10.6 Å². The van der Waals surface area contributed by atoms with Gasteiger partial charge in [-0.25, -0.2) is 4.79 Å². The van der Waals surface area contributed by atoms with E-state index in [0.717, 1.165) is 5.56 Å². The molecule has 2 aromatic carbocycles. The fourth-order valence-electron chi connectivity index (χ4n) is 5.26. The number of methoxy groups -OCH3 is 1. The van der Waals surface area contributed by atoms with Crippen LogP contribution in [0.5, 0.6) is 5.75 Å². The fraction of sp³-hybridized carbons (Fsp3) is 0.471. The number of nitrogens with one attached hydrogen (secondary N) is 2. The van der Waals surface area contributed by atoms with Gasteiger partial charge in [-0.15, -0.1) is 0 Å². The second-order valence-electron chi connectivity index (χ2n) is 11.5. The van der Waals surface area contributed by atoms with Gasteiger partial charge in [0.15, 0.2) is 6.10 Å². The number of epoxide rings is 1. The van der Waals surface area contributed by atoms with Crippen molar-refractivity contribution in [2.45, 2.75) is 76.9 Å². The number of amides is 2. The van der Waals surface area contributed by atoms with Crippen molar-refractivity contribution >= 4 is 35.4 Å². The predicted molar refractivity (Wildman–Crippen MR) is 167 cm³/mol. The van der Waals surface area contributed by atoms with Crippen LogP contribution in [-0.4, -0.2) is 61.8 Å². The topological polar surface area (TPSA) is 133 Å². The Labute approximate surface area is 268 Å². The molecule has 4 rings (SSSR count). The van der Waals surface area contributed by atoms with E-state index in [2.05, 4.69) is 10.6 Å². The number of hydrogen-bond acceptors (Lipinski definition) is 8.